The van der Waals surface area contributed by atoms with Gasteiger partial charge in [-0.25, -0.2) is 0 Å². The average Bonchev–Trinajstić information content (AvgIpc) is 3.20. The van der Waals surface area contributed by atoms with Crippen LogP contribution in [-0.2, 0) is 28.4 Å². The van der Waals surface area contributed by atoms with E-state index in [2.05, 4.69) is 0 Å². The second kappa shape index (κ2) is 6.95. The molecule has 0 N–H and O–H groups in total. The van der Waals surface area contributed by atoms with E-state index in [9.17, 15) is 0 Å². The van der Waals surface area contributed by atoms with Crippen LogP contribution >= 0.6 is 12.2 Å². The smallest absolute Gasteiger partial charge is 0.360 e. The van der Waals surface area contributed by atoms with Gasteiger partial charge < -0.3 is 33.2 Å². The van der Waals surface area contributed by atoms with Gasteiger partial charge in [-0.15, -0.1) is 0 Å². The number of para-hydroxylation sites is 1. The van der Waals surface area contributed by atoms with E-state index in [-0.39, 0.29) is 17.4 Å². The molecule has 0 bridgehead atoms. The van der Waals surface area contributed by atoms with E-state index in [1.807, 2.05) is 45.9 Å². The number of thiocarbonyl (C=S) groups is 1. The molecule has 0 radical (unpaired) electrons. The Morgan fingerprint density at radius 1 is 0.963 bits per heavy atom. The van der Waals surface area contributed by atoms with E-state index in [4.69, 9.17) is 45.4 Å². The Kier molecular flexibility index (Phi) is 4.90. The summed E-state index contributed by atoms with van der Waals surface area (Å²) in [7, 11) is 0. The average molecular weight is 396 g/mol. The third-order valence-corrected chi connectivity index (χ3v) is 4.78. The monoisotopic (exact) mass is 396 g/mol. The van der Waals surface area contributed by atoms with Gasteiger partial charge in [-0.1, -0.05) is 18.2 Å². The summed E-state index contributed by atoms with van der Waals surface area (Å²) in [5, 5.41) is -0.0390. The molecule has 0 saturated carbocycles. The highest BCUT2D eigenvalue weighted by Crippen LogP contribution is 2.42. The highest BCUT2D eigenvalue weighted by molar-refractivity contribution is 7.79. The van der Waals surface area contributed by atoms with E-state index in [0.29, 0.717) is 12.4 Å². The summed E-state index contributed by atoms with van der Waals surface area (Å²) >= 11 is 5.22. The molecule has 1 aromatic carbocycles. The molecule has 0 spiro atoms. The lowest BCUT2D eigenvalue weighted by Gasteiger charge is -2.27. The number of ether oxygens (including phenoxy) is 7. The van der Waals surface area contributed by atoms with Gasteiger partial charge in [0.05, 0.1) is 6.61 Å². The molecule has 3 saturated heterocycles. The Labute approximate surface area is 163 Å². The quantitative estimate of drug-likeness (QED) is 0.723. The van der Waals surface area contributed by atoms with Gasteiger partial charge in [0.1, 0.15) is 24.1 Å². The summed E-state index contributed by atoms with van der Waals surface area (Å²) in [6.07, 6.45) is -2.25. The van der Waals surface area contributed by atoms with Crippen LogP contribution < -0.4 is 4.74 Å². The predicted octanol–water partition coefficient (Wildman–Crippen LogP) is 2.76. The van der Waals surface area contributed by atoms with Gasteiger partial charge in [0.2, 0.25) is 6.29 Å². The lowest BCUT2D eigenvalue weighted by molar-refractivity contribution is -0.233. The zero-order valence-electron chi connectivity index (χ0n) is 15.7. The van der Waals surface area contributed by atoms with Crippen LogP contribution in [0.5, 0.6) is 5.75 Å². The maximum Gasteiger partial charge on any atom is 0.360 e. The SMILES string of the molecule is CC1(C)OC[C@H]([C@H]2OC(OC(=S)Oc3ccccc3)[C@@H]3OC(C)(C)O[C@H]23)O1. The normalized spacial score (nSPS) is 36.4. The first-order valence-corrected chi connectivity index (χ1v) is 9.40. The summed E-state index contributed by atoms with van der Waals surface area (Å²) in [4.78, 5) is 0. The van der Waals surface area contributed by atoms with Crippen LogP contribution in [0.4, 0.5) is 0 Å². The number of fused-ring (bicyclic) bond motifs is 1. The van der Waals surface area contributed by atoms with Crippen molar-refractivity contribution in [1.82, 2.24) is 0 Å². The van der Waals surface area contributed by atoms with Gasteiger partial charge in [0, 0.05) is 12.2 Å². The minimum atomic E-state index is -0.759. The van der Waals surface area contributed by atoms with Crippen molar-refractivity contribution >= 4 is 17.5 Å². The third kappa shape index (κ3) is 4.11. The van der Waals surface area contributed by atoms with Crippen LogP contribution in [0.3, 0.4) is 0 Å². The minimum absolute atomic E-state index is 0.0390. The standard InChI is InChI=1S/C19H24O7S/c1-18(2)20-10-12(24-18)13-14-15(26-19(3,4)25-14)16(22-13)23-17(27)21-11-8-6-5-7-9-11/h5-9,12-16H,10H2,1-4H3/t12-,13-,14-,15-,16?/m1/s1. The van der Waals surface area contributed by atoms with Crippen molar-refractivity contribution in [2.24, 2.45) is 0 Å². The van der Waals surface area contributed by atoms with E-state index < -0.39 is 30.1 Å². The maximum absolute atomic E-state index is 6.06. The molecule has 148 valence electrons. The molecule has 3 aliphatic heterocycles. The zero-order chi connectivity index (χ0) is 19.2. The van der Waals surface area contributed by atoms with Crippen LogP contribution in [0.25, 0.3) is 0 Å². The fourth-order valence-electron chi connectivity index (χ4n) is 3.57. The third-order valence-electron chi connectivity index (χ3n) is 4.60. The van der Waals surface area contributed by atoms with Crippen molar-refractivity contribution < 1.29 is 33.2 Å². The van der Waals surface area contributed by atoms with Crippen LogP contribution in [0, 0.1) is 0 Å². The first-order chi connectivity index (χ1) is 12.7. The number of rotatable bonds is 3. The number of hydrogen-bond donors (Lipinski definition) is 0. The van der Waals surface area contributed by atoms with Crippen LogP contribution in [-0.4, -0.2) is 54.1 Å². The maximum atomic E-state index is 6.06. The largest absolute Gasteiger partial charge is 0.424 e. The van der Waals surface area contributed by atoms with Crippen LogP contribution in [0.2, 0.25) is 0 Å². The van der Waals surface area contributed by atoms with E-state index >= 15 is 0 Å². The lowest BCUT2D eigenvalue weighted by atomic mass is 10.1. The Bertz CT molecular complexity index is 693. The Morgan fingerprint density at radius 2 is 1.67 bits per heavy atom. The topological polar surface area (TPSA) is 64.6 Å². The molecule has 5 atom stereocenters. The first kappa shape index (κ1) is 19.0. The fourth-order valence-corrected chi connectivity index (χ4v) is 3.76. The van der Waals surface area contributed by atoms with E-state index in [1.54, 1.807) is 12.1 Å². The van der Waals surface area contributed by atoms with Crippen LogP contribution in [0.15, 0.2) is 30.3 Å². The predicted molar refractivity (Wildman–Crippen MR) is 98.1 cm³/mol. The molecule has 27 heavy (non-hydrogen) atoms. The van der Waals surface area contributed by atoms with Crippen molar-refractivity contribution in [3.63, 3.8) is 0 Å². The van der Waals surface area contributed by atoms with Gasteiger partial charge in [0.25, 0.3) is 0 Å². The molecule has 3 heterocycles. The molecule has 3 aliphatic rings. The molecular weight excluding hydrogens is 372 g/mol. The molecule has 0 aliphatic carbocycles. The van der Waals surface area contributed by atoms with Gasteiger partial charge in [-0.2, -0.15) is 0 Å². The van der Waals surface area contributed by atoms with Crippen molar-refractivity contribution in [3.05, 3.63) is 30.3 Å². The molecule has 4 rings (SSSR count). The highest BCUT2D eigenvalue weighted by Gasteiger charge is 2.60. The molecule has 1 aromatic rings. The first-order valence-electron chi connectivity index (χ1n) is 8.99. The molecule has 0 aromatic heterocycles. The summed E-state index contributed by atoms with van der Waals surface area (Å²) in [6.45, 7) is 7.85. The van der Waals surface area contributed by atoms with Gasteiger partial charge in [-0.05, 0) is 39.8 Å². The highest BCUT2D eigenvalue weighted by atomic mass is 32.1. The minimum Gasteiger partial charge on any atom is -0.424 e. The second-order valence-corrected chi connectivity index (χ2v) is 8.02. The molecule has 7 nitrogen and oxygen atoms in total. The van der Waals surface area contributed by atoms with E-state index in [0.717, 1.165) is 0 Å². The van der Waals surface area contributed by atoms with E-state index in [1.165, 1.54) is 0 Å². The fraction of sp³-hybridized carbons (Fsp3) is 0.632. The van der Waals surface area contributed by atoms with Gasteiger partial charge in [-0.3, -0.25) is 0 Å². The number of hydrogen-bond acceptors (Lipinski definition) is 8. The molecule has 3 fully saturated rings. The summed E-state index contributed by atoms with van der Waals surface area (Å²) in [5.74, 6) is -0.828. The van der Waals surface area contributed by atoms with Crippen molar-refractivity contribution in [2.45, 2.75) is 70.0 Å². The lowest BCUT2D eigenvalue weighted by Crippen LogP contribution is -2.40. The summed E-state index contributed by atoms with van der Waals surface area (Å²) in [6, 6.07) is 9.18. The summed E-state index contributed by atoms with van der Waals surface area (Å²) < 4.78 is 41.0. The summed E-state index contributed by atoms with van der Waals surface area (Å²) in [5.41, 5.74) is 0. The van der Waals surface area contributed by atoms with Crippen molar-refractivity contribution in [3.8, 4) is 5.75 Å². The van der Waals surface area contributed by atoms with Crippen LogP contribution in [0.1, 0.15) is 27.7 Å². The van der Waals surface area contributed by atoms with Gasteiger partial charge >= 0.3 is 5.24 Å². The zero-order valence-corrected chi connectivity index (χ0v) is 16.6. The molecular formula is C19H24O7S. The second-order valence-electron chi connectivity index (χ2n) is 7.68. The Hall–Kier alpha value is -1.29. The van der Waals surface area contributed by atoms with Gasteiger partial charge in [0.15, 0.2) is 17.7 Å². The van der Waals surface area contributed by atoms with Crippen molar-refractivity contribution in [1.29, 1.82) is 0 Å². The Morgan fingerprint density at radius 3 is 2.33 bits per heavy atom. The molecule has 8 heteroatoms. The number of benzene rings is 1. The molecule has 1 unspecified atom stereocenters. The molecule has 0 amide bonds. The Balaban J connectivity index is 1.45. The van der Waals surface area contributed by atoms with Crippen molar-refractivity contribution in [2.75, 3.05) is 6.61 Å².